The highest BCUT2D eigenvalue weighted by atomic mass is 14.6. The molecule has 0 radical (unpaired) electrons. The van der Waals surface area contributed by atoms with Gasteiger partial charge in [-0.2, -0.15) is 0 Å². The van der Waals surface area contributed by atoms with Crippen LogP contribution in [0, 0.1) is 6.92 Å². The van der Waals surface area contributed by atoms with Gasteiger partial charge in [0.05, 0.1) is 5.52 Å². The molecule has 0 fully saturated rings. The first-order valence-electron chi connectivity index (χ1n) is 4.69. The highest BCUT2D eigenvalue weighted by Gasteiger charge is 1.98. The van der Waals surface area contributed by atoms with Crippen LogP contribution in [0.3, 0.4) is 0 Å². The number of aromatic nitrogens is 1. The Morgan fingerprint density at radius 1 is 1.29 bits per heavy atom. The van der Waals surface area contributed by atoms with E-state index in [0.29, 0.717) is 0 Å². The normalized spacial score (nSPS) is 10.4. The van der Waals surface area contributed by atoms with E-state index in [1.54, 1.807) is 0 Å². The summed E-state index contributed by atoms with van der Waals surface area (Å²) in [5.41, 5.74) is 4.51. The van der Waals surface area contributed by atoms with E-state index in [1.165, 1.54) is 16.5 Å². The number of hydrogen-bond donors (Lipinski definition) is 0. The summed E-state index contributed by atoms with van der Waals surface area (Å²) in [6.07, 6.45) is 1.89. The lowest BCUT2D eigenvalue weighted by molar-refractivity contribution is 1.33. The van der Waals surface area contributed by atoms with Gasteiger partial charge < -0.3 is 0 Å². The van der Waals surface area contributed by atoms with Crippen molar-refractivity contribution >= 4 is 16.5 Å². The Bertz CT molecular complexity index is 498. The minimum absolute atomic E-state index is 1.04. The molecule has 0 aliphatic heterocycles. The van der Waals surface area contributed by atoms with Gasteiger partial charge in [-0.25, -0.2) is 0 Å². The van der Waals surface area contributed by atoms with Crippen molar-refractivity contribution in [1.82, 2.24) is 4.98 Å². The first-order chi connectivity index (χ1) is 6.66. The minimum atomic E-state index is 1.04. The Labute approximate surface area is 84.1 Å². The Morgan fingerprint density at radius 2 is 2.07 bits per heavy atom. The van der Waals surface area contributed by atoms with Gasteiger partial charge in [0.1, 0.15) is 0 Å². The SMILES string of the molecule is C=C(C)c1ccc2ncc(C)cc2c1. The second-order valence-electron chi connectivity index (χ2n) is 3.70. The molecule has 0 aliphatic rings. The van der Waals surface area contributed by atoms with Gasteiger partial charge >= 0.3 is 0 Å². The molecule has 0 N–H and O–H groups in total. The number of hydrogen-bond acceptors (Lipinski definition) is 1. The van der Waals surface area contributed by atoms with E-state index in [1.807, 2.05) is 19.2 Å². The number of benzene rings is 1. The molecule has 1 heteroatoms. The zero-order chi connectivity index (χ0) is 10.1. The summed E-state index contributed by atoms with van der Waals surface area (Å²) in [6, 6.07) is 8.39. The van der Waals surface area contributed by atoms with E-state index in [4.69, 9.17) is 0 Å². The maximum atomic E-state index is 4.35. The fourth-order valence-electron chi connectivity index (χ4n) is 1.51. The third-order valence-electron chi connectivity index (χ3n) is 2.31. The van der Waals surface area contributed by atoms with Gasteiger partial charge in [0.25, 0.3) is 0 Å². The molecule has 1 aromatic carbocycles. The molecule has 70 valence electrons. The molecule has 0 atom stereocenters. The van der Waals surface area contributed by atoms with Crippen molar-refractivity contribution in [2.24, 2.45) is 0 Å². The highest BCUT2D eigenvalue weighted by molar-refractivity contribution is 5.83. The number of nitrogens with zero attached hydrogens (tertiary/aromatic N) is 1. The lowest BCUT2D eigenvalue weighted by atomic mass is 10.1. The van der Waals surface area contributed by atoms with Crippen molar-refractivity contribution < 1.29 is 0 Å². The van der Waals surface area contributed by atoms with Crippen LogP contribution < -0.4 is 0 Å². The summed E-state index contributed by atoms with van der Waals surface area (Å²) in [7, 11) is 0. The van der Waals surface area contributed by atoms with Crippen LogP contribution in [-0.2, 0) is 0 Å². The Balaban J connectivity index is 2.69. The van der Waals surface area contributed by atoms with Gasteiger partial charge in [0.2, 0.25) is 0 Å². The Kier molecular flexibility index (Phi) is 2.08. The summed E-state index contributed by atoms with van der Waals surface area (Å²) < 4.78 is 0. The van der Waals surface area contributed by atoms with Crippen LogP contribution in [0.15, 0.2) is 37.0 Å². The topological polar surface area (TPSA) is 12.9 Å². The highest BCUT2D eigenvalue weighted by Crippen LogP contribution is 2.19. The zero-order valence-corrected chi connectivity index (χ0v) is 8.54. The molecule has 0 saturated carbocycles. The summed E-state index contributed by atoms with van der Waals surface area (Å²) in [5, 5.41) is 1.19. The molecule has 1 nitrogen and oxygen atoms in total. The van der Waals surface area contributed by atoms with Gasteiger partial charge in [-0.1, -0.05) is 18.2 Å². The lowest BCUT2D eigenvalue weighted by Gasteiger charge is -2.02. The van der Waals surface area contributed by atoms with Crippen molar-refractivity contribution in [2.45, 2.75) is 13.8 Å². The molecule has 0 spiro atoms. The van der Waals surface area contributed by atoms with Crippen LogP contribution in [0.1, 0.15) is 18.1 Å². The predicted molar refractivity (Wildman–Crippen MR) is 61.2 cm³/mol. The van der Waals surface area contributed by atoms with E-state index in [2.05, 4.69) is 36.7 Å². The smallest absolute Gasteiger partial charge is 0.0702 e. The van der Waals surface area contributed by atoms with E-state index in [9.17, 15) is 0 Å². The van der Waals surface area contributed by atoms with Crippen LogP contribution >= 0.6 is 0 Å². The number of rotatable bonds is 1. The number of pyridine rings is 1. The van der Waals surface area contributed by atoms with Gasteiger partial charge in [0.15, 0.2) is 0 Å². The zero-order valence-electron chi connectivity index (χ0n) is 8.54. The van der Waals surface area contributed by atoms with E-state index < -0.39 is 0 Å². The largest absolute Gasteiger partial charge is 0.256 e. The second-order valence-corrected chi connectivity index (χ2v) is 3.70. The summed E-state index contributed by atoms with van der Waals surface area (Å²) in [4.78, 5) is 4.35. The number of allylic oxidation sites excluding steroid dienone is 1. The summed E-state index contributed by atoms with van der Waals surface area (Å²) in [5.74, 6) is 0. The van der Waals surface area contributed by atoms with Gasteiger partial charge in [-0.3, -0.25) is 4.98 Å². The lowest BCUT2D eigenvalue weighted by Crippen LogP contribution is -1.83. The van der Waals surface area contributed by atoms with Crippen molar-refractivity contribution in [3.8, 4) is 0 Å². The van der Waals surface area contributed by atoms with E-state index >= 15 is 0 Å². The van der Waals surface area contributed by atoms with Crippen molar-refractivity contribution in [1.29, 1.82) is 0 Å². The summed E-state index contributed by atoms with van der Waals surface area (Å²) in [6.45, 7) is 8.01. The quantitative estimate of drug-likeness (QED) is 0.658. The predicted octanol–water partition coefficient (Wildman–Crippen LogP) is 3.58. The number of aryl methyl sites for hydroxylation is 1. The molecule has 2 aromatic rings. The standard InChI is InChI=1S/C13H13N/c1-9(2)11-4-5-13-12(7-11)6-10(3)8-14-13/h4-8H,1H2,2-3H3. The van der Waals surface area contributed by atoms with E-state index in [-0.39, 0.29) is 0 Å². The molecule has 1 aromatic heterocycles. The van der Waals surface area contributed by atoms with Gasteiger partial charge in [-0.05, 0) is 43.2 Å². The average molecular weight is 183 g/mol. The molecule has 0 unspecified atom stereocenters. The van der Waals surface area contributed by atoms with Crippen molar-refractivity contribution in [2.75, 3.05) is 0 Å². The maximum Gasteiger partial charge on any atom is 0.0702 e. The first kappa shape index (κ1) is 8.95. The second kappa shape index (κ2) is 3.26. The number of fused-ring (bicyclic) bond motifs is 1. The van der Waals surface area contributed by atoms with Crippen molar-refractivity contribution in [3.05, 3.63) is 48.2 Å². The average Bonchev–Trinajstić information content (AvgIpc) is 2.16. The van der Waals surface area contributed by atoms with Gasteiger partial charge in [-0.15, -0.1) is 0 Å². The Morgan fingerprint density at radius 3 is 2.79 bits per heavy atom. The van der Waals surface area contributed by atoms with Crippen molar-refractivity contribution in [3.63, 3.8) is 0 Å². The molecule has 0 amide bonds. The molecule has 14 heavy (non-hydrogen) atoms. The molecule has 1 heterocycles. The fourth-order valence-corrected chi connectivity index (χ4v) is 1.51. The third-order valence-corrected chi connectivity index (χ3v) is 2.31. The van der Waals surface area contributed by atoms with E-state index in [0.717, 1.165) is 11.1 Å². The maximum absolute atomic E-state index is 4.35. The molecule has 2 rings (SSSR count). The monoisotopic (exact) mass is 183 g/mol. The molecular weight excluding hydrogens is 170 g/mol. The summed E-state index contributed by atoms with van der Waals surface area (Å²) >= 11 is 0. The van der Waals surface area contributed by atoms with Crippen LogP contribution in [0.5, 0.6) is 0 Å². The van der Waals surface area contributed by atoms with Crippen LogP contribution in [0.25, 0.3) is 16.5 Å². The van der Waals surface area contributed by atoms with Crippen LogP contribution in [0.4, 0.5) is 0 Å². The molecule has 0 bridgehead atoms. The van der Waals surface area contributed by atoms with Crippen LogP contribution in [0.2, 0.25) is 0 Å². The Hall–Kier alpha value is -1.63. The molecular formula is C13H13N. The fraction of sp³-hybridized carbons (Fsp3) is 0.154. The first-order valence-corrected chi connectivity index (χ1v) is 4.69. The van der Waals surface area contributed by atoms with Crippen LogP contribution in [-0.4, -0.2) is 4.98 Å². The molecule has 0 saturated heterocycles. The van der Waals surface area contributed by atoms with Gasteiger partial charge in [0, 0.05) is 11.6 Å². The third kappa shape index (κ3) is 1.53. The molecule has 0 aliphatic carbocycles. The minimum Gasteiger partial charge on any atom is -0.256 e.